The molecule has 1 rings (SSSR count). The van der Waals surface area contributed by atoms with E-state index in [9.17, 15) is 4.79 Å². The van der Waals surface area contributed by atoms with Crippen LogP contribution in [0.25, 0.3) is 0 Å². The van der Waals surface area contributed by atoms with Crippen molar-refractivity contribution in [3.05, 3.63) is 18.2 Å². The average Bonchev–Trinajstić information content (AvgIpc) is 2.36. The van der Waals surface area contributed by atoms with Gasteiger partial charge in [0.05, 0.1) is 14.2 Å². The maximum Gasteiger partial charge on any atom is 0.170 e. The second-order valence-electron chi connectivity index (χ2n) is 3.63. The molecule has 0 aromatic heterocycles. The lowest BCUT2D eigenvalue weighted by atomic mass is 10.2. The van der Waals surface area contributed by atoms with E-state index >= 15 is 0 Å². The first-order valence-electron chi connectivity index (χ1n) is 5.57. The summed E-state index contributed by atoms with van der Waals surface area (Å²) in [4.78, 5) is 11.3. The minimum Gasteiger partial charge on any atom is -0.496 e. The first kappa shape index (κ1) is 13.4. The van der Waals surface area contributed by atoms with Crippen molar-refractivity contribution >= 4 is 5.78 Å². The molecule has 4 heteroatoms. The number of ether oxygens (including phenoxy) is 3. The van der Waals surface area contributed by atoms with E-state index in [0.29, 0.717) is 23.7 Å². The predicted octanol–water partition coefficient (Wildman–Crippen LogP) is 2.45. The summed E-state index contributed by atoms with van der Waals surface area (Å²) in [6.45, 7) is 2.05. The summed E-state index contributed by atoms with van der Waals surface area (Å²) < 4.78 is 15.6. The fraction of sp³-hybridized carbons (Fsp3) is 0.462. The molecule has 0 saturated heterocycles. The molecular formula is C13H18O4. The molecule has 1 aromatic carbocycles. The van der Waals surface area contributed by atoms with Crippen LogP contribution in [-0.4, -0.2) is 26.6 Å². The van der Waals surface area contributed by atoms with E-state index in [4.69, 9.17) is 14.2 Å². The Labute approximate surface area is 101 Å². The highest BCUT2D eigenvalue weighted by Crippen LogP contribution is 2.27. The topological polar surface area (TPSA) is 44.8 Å². The van der Waals surface area contributed by atoms with Crippen LogP contribution in [0.15, 0.2) is 18.2 Å². The van der Waals surface area contributed by atoms with Crippen LogP contribution in [0, 0.1) is 0 Å². The predicted molar refractivity (Wildman–Crippen MR) is 65.0 cm³/mol. The zero-order valence-electron chi connectivity index (χ0n) is 10.5. The Morgan fingerprint density at radius 1 is 1.06 bits per heavy atom. The van der Waals surface area contributed by atoms with Crippen LogP contribution in [0.2, 0.25) is 0 Å². The lowest BCUT2D eigenvalue weighted by molar-refractivity contribution is -0.121. The van der Waals surface area contributed by atoms with Crippen LogP contribution in [0.5, 0.6) is 17.2 Å². The van der Waals surface area contributed by atoms with Crippen molar-refractivity contribution in [2.24, 2.45) is 0 Å². The Morgan fingerprint density at radius 3 is 2.06 bits per heavy atom. The summed E-state index contributed by atoms with van der Waals surface area (Å²) in [5, 5.41) is 0. The van der Waals surface area contributed by atoms with E-state index < -0.39 is 0 Å². The quantitative estimate of drug-likeness (QED) is 0.732. The number of methoxy groups -OCH3 is 2. The lowest BCUT2D eigenvalue weighted by Gasteiger charge is -2.09. The standard InChI is InChI=1S/C13H18O4/c1-4-5-10(14)9-17-13-7-11(15-2)6-12(8-13)16-3/h6-8H,4-5,9H2,1-3H3. The molecule has 94 valence electrons. The number of carbonyl (C=O) groups is 1. The van der Waals surface area contributed by atoms with Crippen molar-refractivity contribution in [3.63, 3.8) is 0 Å². The fourth-order valence-corrected chi connectivity index (χ4v) is 1.38. The lowest BCUT2D eigenvalue weighted by Crippen LogP contribution is -2.10. The van der Waals surface area contributed by atoms with Gasteiger partial charge in [0.25, 0.3) is 0 Å². The molecular weight excluding hydrogens is 220 g/mol. The molecule has 0 N–H and O–H groups in total. The number of ketones is 1. The van der Waals surface area contributed by atoms with Gasteiger partial charge in [-0.25, -0.2) is 0 Å². The normalized spacial score (nSPS) is 9.82. The van der Waals surface area contributed by atoms with Crippen LogP contribution >= 0.6 is 0 Å². The Bertz CT molecular complexity index is 351. The van der Waals surface area contributed by atoms with Crippen molar-refractivity contribution < 1.29 is 19.0 Å². The van der Waals surface area contributed by atoms with Crippen LogP contribution in [0.4, 0.5) is 0 Å². The Kier molecular flexibility index (Phi) is 5.33. The van der Waals surface area contributed by atoms with E-state index in [1.165, 1.54) is 0 Å². The molecule has 0 bridgehead atoms. The molecule has 17 heavy (non-hydrogen) atoms. The molecule has 0 aliphatic rings. The van der Waals surface area contributed by atoms with Crippen LogP contribution < -0.4 is 14.2 Å². The third-order valence-electron chi connectivity index (χ3n) is 2.25. The highest BCUT2D eigenvalue weighted by Gasteiger charge is 2.05. The Balaban J connectivity index is 2.66. The van der Waals surface area contributed by atoms with Gasteiger partial charge in [-0.15, -0.1) is 0 Å². The summed E-state index contributed by atoms with van der Waals surface area (Å²) in [7, 11) is 3.14. The van der Waals surface area contributed by atoms with E-state index in [-0.39, 0.29) is 12.4 Å². The van der Waals surface area contributed by atoms with Crippen LogP contribution in [0.3, 0.4) is 0 Å². The monoisotopic (exact) mass is 238 g/mol. The summed E-state index contributed by atoms with van der Waals surface area (Å²) in [5.41, 5.74) is 0. The van der Waals surface area contributed by atoms with Crippen LogP contribution in [0.1, 0.15) is 19.8 Å². The van der Waals surface area contributed by atoms with Gasteiger partial charge in [-0.1, -0.05) is 6.92 Å². The number of rotatable bonds is 7. The zero-order chi connectivity index (χ0) is 12.7. The van der Waals surface area contributed by atoms with Crippen molar-refractivity contribution in [3.8, 4) is 17.2 Å². The SMILES string of the molecule is CCCC(=O)COc1cc(OC)cc(OC)c1. The van der Waals surface area contributed by atoms with Gasteiger partial charge in [0.1, 0.15) is 23.9 Å². The number of hydrogen-bond acceptors (Lipinski definition) is 4. The van der Waals surface area contributed by atoms with Crippen molar-refractivity contribution in [2.45, 2.75) is 19.8 Å². The molecule has 0 heterocycles. The molecule has 0 radical (unpaired) electrons. The Morgan fingerprint density at radius 2 is 1.59 bits per heavy atom. The largest absolute Gasteiger partial charge is 0.496 e. The van der Waals surface area contributed by atoms with Gasteiger partial charge in [0, 0.05) is 24.6 Å². The van der Waals surface area contributed by atoms with Gasteiger partial charge in [-0.3, -0.25) is 4.79 Å². The summed E-state index contributed by atoms with van der Waals surface area (Å²) in [5.74, 6) is 1.95. The summed E-state index contributed by atoms with van der Waals surface area (Å²) in [6.07, 6.45) is 1.38. The summed E-state index contributed by atoms with van der Waals surface area (Å²) >= 11 is 0. The number of benzene rings is 1. The maximum absolute atomic E-state index is 11.3. The van der Waals surface area contributed by atoms with Gasteiger partial charge in [0.2, 0.25) is 0 Å². The van der Waals surface area contributed by atoms with Gasteiger partial charge < -0.3 is 14.2 Å². The molecule has 0 unspecified atom stereocenters. The second kappa shape index (κ2) is 6.78. The molecule has 4 nitrogen and oxygen atoms in total. The van der Waals surface area contributed by atoms with Gasteiger partial charge in [-0.05, 0) is 6.42 Å². The Hall–Kier alpha value is -1.71. The van der Waals surface area contributed by atoms with Gasteiger partial charge in [0.15, 0.2) is 5.78 Å². The van der Waals surface area contributed by atoms with E-state index in [1.807, 2.05) is 6.92 Å². The van der Waals surface area contributed by atoms with Crippen molar-refractivity contribution in [2.75, 3.05) is 20.8 Å². The third-order valence-corrected chi connectivity index (χ3v) is 2.25. The highest BCUT2D eigenvalue weighted by atomic mass is 16.5. The fourth-order valence-electron chi connectivity index (χ4n) is 1.38. The minimum absolute atomic E-state index is 0.0875. The first-order valence-corrected chi connectivity index (χ1v) is 5.57. The first-order chi connectivity index (χ1) is 8.19. The minimum atomic E-state index is 0.0875. The van der Waals surface area contributed by atoms with Crippen LogP contribution in [-0.2, 0) is 4.79 Å². The molecule has 0 fully saturated rings. The zero-order valence-corrected chi connectivity index (χ0v) is 10.5. The molecule has 1 aromatic rings. The number of Topliss-reactive ketones (excluding diaryl/α,β-unsaturated/α-hetero) is 1. The summed E-state index contributed by atoms with van der Waals surface area (Å²) in [6, 6.07) is 5.20. The number of carbonyl (C=O) groups excluding carboxylic acids is 1. The number of hydrogen-bond donors (Lipinski definition) is 0. The van der Waals surface area contributed by atoms with E-state index in [1.54, 1.807) is 32.4 Å². The highest BCUT2D eigenvalue weighted by molar-refractivity contribution is 5.79. The van der Waals surface area contributed by atoms with Gasteiger partial charge in [-0.2, -0.15) is 0 Å². The molecule has 0 aliphatic heterocycles. The molecule has 0 aliphatic carbocycles. The van der Waals surface area contributed by atoms with E-state index in [2.05, 4.69) is 0 Å². The second-order valence-corrected chi connectivity index (χ2v) is 3.63. The van der Waals surface area contributed by atoms with E-state index in [0.717, 1.165) is 6.42 Å². The average molecular weight is 238 g/mol. The molecule has 0 saturated carbocycles. The van der Waals surface area contributed by atoms with Gasteiger partial charge >= 0.3 is 0 Å². The molecule has 0 atom stereocenters. The maximum atomic E-state index is 11.3. The third kappa shape index (κ3) is 4.34. The smallest absolute Gasteiger partial charge is 0.170 e. The molecule has 0 amide bonds. The van der Waals surface area contributed by atoms with Crippen molar-refractivity contribution in [1.82, 2.24) is 0 Å². The van der Waals surface area contributed by atoms with Crippen molar-refractivity contribution in [1.29, 1.82) is 0 Å². The molecule has 0 spiro atoms.